The summed E-state index contributed by atoms with van der Waals surface area (Å²) in [5, 5.41) is 12.8. The van der Waals surface area contributed by atoms with Crippen molar-refractivity contribution in [2.45, 2.75) is 18.8 Å². The van der Waals surface area contributed by atoms with Crippen molar-refractivity contribution in [1.82, 2.24) is 25.4 Å². The highest BCUT2D eigenvalue weighted by Gasteiger charge is 2.21. The fourth-order valence-corrected chi connectivity index (χ4v) is 2.80. The minimum Gasteiger partial charge on any atom is -0.343 e. The number of amides is 2. The van der Waals surface area contributed by atoms with Gasteiger partial charge in [-0.15, -0.1) is 0 Å². The smallest absolute Gasteiger partial charge is 0.251 e. The lowest BCUT2D eigenvalue weighted by molar-refractivity contribution is -0.115. The van der Waals surface area contributed by atoms with Crippen molar-refractivity contribution in [3.05, 3.63) is 41.5 Å². The summed E-state index contributed by atoms with van der Waals surface area (Å²) in [4.78, 5) is 28.4. The zero-order valence-electron chi connectivity index (χ0n) is 14.5. The van der Waals surface area contributed by atoms with Crippen molar-refractivity contribution in [3.63, 3.8) is 0 Å². The molecule has 1 aliphatic rings. The maximum absolute atomic E-state index is 12.9. The molecule has 1 fully saturated rings. The molecule has 1 aromatic carbocycles. The molecule has 3 N–H and O–H groups in total. The Hall–Kier alpha value is -2.81. The second-order valence-electron chi connectivity index (χ2n) is 6.18. The third-order valence-corrected chi connectivity index (χ3v) is 4.25. The van der Waals surface area contributed by atoms with Crippen LogP contribution in [0.4, 0.5) is 10.3 Å². The number of nitrogens with one attached hydrogen (secondary N) is 3. The molecule has 1 aliphatic heterocycles. The van der Waals surface area contributed by atoms with Crippen LogP contribution in [0.1, 0.15) is 34.9 Å². The molecule has 0 atom stereocenters. The van der Waals surface area contributed by atoms with Crippen molar-refractivity contribution in [1.29, 1.82) is 0 Å². The number of nitrogens with zero attached hydrogens (tertiary/aromatic N) is 3. The normalized spacial score (nSPS) is 14.8. The van der Waals surface area contributed by atoms with Crippen LogP contribution in [0.15, 0.2) is 24.3 Å². The molecule has 2 aromatic rings. The lowest BCUT2D eigenvalue weighted by Crippen LogP contribution is -2.33. The number of carbonyl (C=O) groups excluding carboxylic acids is 2. The first-order valence-corrected chi connectivity index (χ1v) is 8.48. The van der Waals surface area contributed by atoms with Gasteiger partial charge in [-0.3, -0.25) is 14.9 Å². The fourth-order valence-electron chi connectivity index (χ4n) is 2.80. The van der Waals surface area contributed by atoms with Crippen LogP contribution in [-0.4, -0.2) is 46.2 Å². The number of aryl methyl sites for hydroxylation is 1. The number of halogens is 1. The van der Waals surface area contributed by atoms with E-state index in [1.807, 2.05) is 0 Å². The van der Waals surface area contributed by atoms with Crippen molar-refractivity contribution in [2.75, 3.05) is 25.0 Å². The predicted octanol–water partition coefficient (Wildman–Crippen LogP) is 0.790. The van der Waals surface area contributed by atoms with Gasteiger partial charge in [0.25, 0.3) is 5.91 Å². The number of hydrogen-bond acceptors (Lipinski definition) is 5. The van der Waals surface area contributed by atoms with Gasteiger partial charge in [-0.2, -0.15) is 10.1 Å². The molecule has 0 spiro atoms. The largest absolute Gasteiger partial charge is 0.343 e. The molecule has 0 bridgehead atoms. The van der Waals surface area contributed by atoms with E-state index in [0.717, 1.165) is 31.8 Å². The van der Waals surface area contributed by atoms with Crippen LogP contribution in [0.3, 0.4) is 0 Å². The van der Waals surface area contributed by atoms with Gasteiger partial charge in [0, 0.05) is 18.5 Å². The summed E-state index contributed by atoms with van der Waals surface area (Å²) >= 11 is 0. The van der Waals surface area contributed by atoms with Crippen LogP contribution in [-0.2, 0) is 11.8 Å². The maximum atomic E-state index is 12.9. The van der Waals surface area contributed by atoms with Gasteiger partial charge in [0.15, 0.2) is 5.82 Å². The van der Waals surface area contributed by atoms with E-state index in [4.69, 9.17) is 0 Å². The first kappa shape index (κ1) is 18.0. The standard InChI is InChI=1S/C17H21FN6O2/c1-24-17(22-15(23-24)11-6-8-19-9-7-11)21-14(25)10-20-16(26)12-2-4-13(18)5-3-12/h2-5,11,19H,6-10H2,1H3,(H,20,26)(H,21,22,23,25). The van der Waals surface area contributed by atoms with E-state index in [-0.39, 0.29) is 18.0 Å². The van der Waals surface area contributed by atoms with Crippen molar-refractivity contribution in [2.24, 2.45) is 7.05 Å². The van der Waals surface area contributed by atoms with E-state index >= 15 is 0 Å². The summed E-state index contributed by atoms with van der Waals surface area (Å²) in [5.74, 6) is 0.0675. The van der Waals surface area contributed by atoms with Gasteiger partial charge < -0.3 is 10.6 Å². The number of carbonyl (C=O) groups is 2. The third-order valence-electron chi connectivity index (χ3n) is 4.25. The van der Waals surface area contributed by atoms with Gasteiger partial charge in [0.05, 0.1) is 6.54 Å². The first-order valence-electron chi connectivity index (χ1n) is 8.48. The summed E-state index contributed by atoms with van der Waals surface area (Å²) in [5.41, 5.74) is 0.283. The summed E-state index contributed by atoms with van der Waals surface area (Å²) in [6.07, 6.45) is 1.93. The SMILES string of the molecule is Cn1nc(C2CCNCC2)nc1NC(=O)CNC(=O)c1ccc(F)cc1. The van der Waals surface area contributed by atoms with Crippen molar-refractivity contribution in [3.8, 4) is 0 Å². The van der Waals surface area contributed by atoms with Gasteiger partial charge in [0.2, 0.25) is 11.9 Å². The Morgan fingerprint density at radius 1 is 1.27 bits per heavy atom. The summed E-state index contributed by atoms with van der Waals surface area (Å²) in [6, 6.07) is 5.10. The molecule has 1 aromatic heterocycles. The second-order valence-corrected chi connectivity index (χ2v) is 6.18. The van der Waals surface area contributed by atoms with Crippen LogP contribution >= 0.6 is 0 Å². The van der Waals surface area contributed by atoms with E-state index < -0.39 is 17.6 Å². The van der Waals surface area contributed by atoms with E-state index in [0.29, 0.717) is 5.95 Å². The molecule has 1 saturated heterocycles. The molecular weight excluding hydrogens is 339 g/mol. The summed E-state index contributed by atoms with van der Waals surface area (Å²) in [7, 11) is 1.71. The Morgan fingerprint density at radius 2 is 1.96 bits per heavy atom. The molecule has 2 amide bonds. The second kappa shape index (κ2) is 8.05. The van der Waals surface area contributed by atoms with Gasteiger partial charge in [-0.25, -0.2) is 9.07 Å². The molecule has 26 heavy (non-hydrogen) atoms. The third kappa shape index (κ3) is 4.42. The van der Waals surface area contributed by atoms with Gasteiger partial charge >= 0.3 is 0 Å². The average Bonchev–Trinajstić information content (AvgIpc) is 3.01. The number of aromatic nitrogens is 3. The molecule has 0 radical (unpaired) electrons. The lowest BCUT2D eigenvalue weighted by atomic mass is 9.98. The first-order chi connectivity index (χ1) is 12.5. The van der Waals surface area contributed by atoms with Gasteiger partial charge in [0.1, 0.15) is 5.82 Å². The topological polar surface area (TPSA) is 101 Å². The van der Waals surface area contributed by atoms with Crippen molar-refractivity contribution >= 4 is 17.8 Å². The zero-order chi connectivity index (χ0) is 18.5. The van der Waals surface area contributed by atoms with E-state index in [1.54, 1.807) is 7.05 Å². The average molecular weight is 360 g/mol. The molecule has 138 valence electrons. The number of piperidine rings is 1. The quantitative estimate of drug-likeness (QED) is 0.732. The van der Waals surface area contributed by atoms with Crippen LogP contribution in [0, 0.1) is 5.82 Å². The monoisotopic (exact) mass is 360 g/mol. The fraction of sp³-hybridized carbons (Fsp3) is 0.412. The Bertz CT molecular complexity index is 783. The van der Waals surface area contributed by atoms with Gasteiger partial charge in [-0.05, 0) is 50.2 Å². The highest BCUT2D eigenvalue weighted by molar-refractivity contribution is 5.98. The molecule has 2 heterocycles. The van der Waals surface area contributed by atoms with E-state index in [9.17, 15) is 14.0 Å². The molecular formula is C17H21FN6O2. The minimum atomic E-state index is -0.450. The van der Waals surface area contributed by atoms with Crippen LogP contribution in [0.2, 0.25) is 0 Å². The Balaban J connectivity index is 1.53. The van der Waals surface area contributed by atoms with Crippen molar-refractivity contribution < 1.29 is 14.0 Å². The molecule has 3 rings (SSSR count). The number of rotatable bonds is 5. The Kier molecular flexibility index (Phi) is 5.57. The number of hydrogen-bond donors (Lipinski definition) is 3. The summed E-state index contributed by atoms with van der Waals surface area (Å²) < 4.78 is 14.4. The minimum absolute atomic E-state index is 0.217. The van der Waals surface area contributed by atoms with Crippen LogP contribution in [0.25, 0.3) is 0 Å². The molecule has 8 nitrogen and oxygen atoms in total. The lowest BCUT2D eigenvalue weighted by Gasteiger charge is -2.19. The molecule has 0 saturated carbocycles. The molecule has 0 aliphatic carbocycles. The number of benzene rings is 1. The Labute approximate surface area is 150 Å². The van der Waals surface area contributed by atoms with E-state index in [2.05, 4.69) is 26.0 Å². The summed E-state index contributed by atoms with van der Waals surface area (Å²) in [6.45, 7) is 1.64. The van der Waals surface area contributed by atoms with Crippen LogP contribution in [0.5, 0.6) is 0 Å². The highest BCUT2D eigenvalue weighted by Crippen LogP contribution is 2.23. The van der Waals surface area contributed by atoms with Crippen LogP contribution < -0.4 is 16.0 Å². The highest BCUT2D eigenvalue weighted by atomic mass is 19.1. The number of anilines is 1. The molecule has 0 unspecified atom stereocenters. The maximum Gasteiger partial charge on any atom is 0.251 e. The van der Waals surface area contributed by atoms with Gasteiger partial charge in [-0.1, -0.05) is 0 Å². The zero-order valence-corrected chi connectivity index (χ0v) is 14.5. The molecule has 9 heteroatoms. The Morgan fingerprint density at radius 3 is 2.65 bits per heavy atom. The predicted molar refractivity (Wildman–Crippen MR) is 93.2 cm³/mol. The van der Waals surface area contributed by atoms with E-state index in [1.165, 1.54) is 28.9 Å².